The van der Waals surface area contributed by atoms with Crippen LogP contribution < -0.4 is 5.56 Å². The number of hydrogen-bond acceptors (Lipinski definition) is 2. The van der Waals surface area contributed by atoms with Crippen LogP contribution >= 0.6 is 11.6 Å². The van der Waals surface area contributed by atoms with Gasteiger partial charge in [-0.1, -0.05) is 12.2 Å². The summed E-state index contributed by atoms with van der Waals surface area (Å²) < 4.78 is 1.36. The molecule has 0 radical (unpaired) electrons. The number of hydrogen-bond donors (Lipinski definition) is 0. The zero-order valence-electron chi connectivity index (χ0n) is 6.48. The van der Waals surface area contributed by atoms with E-state index in [0.717, 1.165) is 0 Å². The second-order valence-electron chi connectivity index (χ2n) is 2.17. The van der Waals surface area contributed by atoms with E-state index in [1.807, 2.05) is 0 Å². The van der Waals surface area contributed by atoms with E-state index in [1.165, 1.54) is 10.7 Å². The maximum atomic E-state index is 11.0. The van der Waals surface area contributed by atoms with E-state index in [-0.39, 0.29) is 5.56 Å². The van der Waals surface area contributed by atoms with Crippen molar-refractivity contribution >= 4 is 11.6 Å². The summed E-state index contributed by atoms with van der Waals surface area (Å²) in [5.74, 6) is 0.460. The normalized spacial score (nSPS) is 10.8. The Hall–Kier alpha value is -1.09. The lowest BCUT2D eigenvalue weighted by Crippen LogP contribution is -2.20. The molecule has 0 saturated heterocycles. The molecule has 0 fully saturated rings. The lowest BCUT2D eigenvalue weighted by molar-refractivity contribution is 0.651. The van der Waals surface area contributed by atoms with Crippen LogP contribution in [0.1, 0.15) is 0 Å². The average molecular weight is 185 g/mol. The molecule has 1 aromatic rings. The van der Waals surface area contributed by atoms with E-state index in [4.69, 9.17) is 11.6 Å². The van der Waals surface area contributed by atoms with Gasteiger partial charge >= 0.3 is 0 Å². The summed E-state index contributed by atoms with van der Waals surface area (Å²) in [7, 11) is 0. The van der Waals surface area contributed by atoms with E-state index in [2.05, 4.69) is 5.10 Å². The summed E-state index contributed by atoms with van der Waals surface area (Å²) in [5, 5.41) is 3.86. The number of halogens is 1. The van der Waals surface area contributed by atoms with Gasteiger partial charge in [0.25, 0.3) is 5.56 Å². The van der Waals surface area contributed by atoms with Gasteiger partial charge in [0.05, 0.1) is 6.54 Å². The average Bonchev–Trinajstić information content (AvgIpc) is 2.09. The molecule has 0 aliphatic rings. The van der Waals surface area contributed by atoms with Crippen LogP contribution in [-0.2, 0) is 6.54 Å². The smallest absolute Gasteiger partial charge is 0.267 e. The van der Waals surface area contributed by atoms with Crippen LogP contribution in [0.5, 0.6) is 0 Å². The first kappa shape index (κ1) is 9.00. The Kier molecular flexibility index (Phi) is 3.54. The first-order valence-electron chi connectivity index (χ1n) is 3.57. The quantitative estimate of drug-likeness (QED) is 0.520. The molecule has 0 spiro atoms. The number of allylic oxidation sites excluding steroid dienone is 2. The Morgan fingerprint density at radius 2 is 2.42 bits per heavy atom. The first-order valence-corrected chi connectivity index (χ1v) is 4.11. The molecule has 0 N–H and O–H groups in total. The lowest BCUT2D eigenvalue weighted by Gasteiger charge is -1.96. The minimum Gasteiger partial charge on any atom is -0.268 e. The van der Waals surface area contributed by atoms with Crippen LogP contribution in [0.3, 0.4) is 0 Å². The molecule has 1 heterocycles. The van der Waals surface area contributed by atoms with Crippen molar-refractivity contribution < 1.29 is 0 Å². The molecule has 0 unspecified atom stereocenters. The van der Waals surface area contributed by atoms with E-state index < -0.39 is 0 Å². The minimum absolute atomic E-state index is 0.100. The Morgan fingerprint density at radius 3 is 3.08 bits per heavy atom. The molecule has 1 aromatic heterocycles. The monoisotopic (exact) mass is 184 g/mol. The maximum absolute atomic E-state index is 11.0. The van der Waals surface area contributed by atoms with Crippen molar-refractivity contribution in [1.29, 1.82) is 0 Å². The third-order valence-electron chi connectivity index (χ3n) is 1.32. The predicted octanol–water partition coefficient (Wildman–Crippen LogP) is 1.04. The fourth-order valence-corrected chi connectivity index (χ4v) is 0.888. The van der Waals surface area contributed by atoms with Gasteiger partial charge in [0, 0.05) is 18.1 Å². The van der Waals surface area contributed by atoms with Gasteiger partial charge in [-0.15, -0.1) is 11.6 Å². The van der Waals surface area contributed by atoms with Gasteiger partial charge in [0.1, 0.15) is 0 Å². The van der Waals surface area contributed by atoms with E-state index in [9.17, 15) is 4.79 Å². The molecule has 3 nitrogen and oxygen atoms in total. The molecule has 0 aromatic carbocycles. The highest BCUT2D eigenvalue weighted by atomic mass is 35.5. The van der Waals surface area contributed by atoms with Gasteiger partial charge in [0.15, 0.2) is 0 Å². The fraction of sp³-hybridized carbons (Fsp3) is 0.250. The zero-order chi connectivity index (χ0) is 8.81. The van der Waals surface area contributed by atoms with Crippen molar-refractivity contribution in [2.24, 2.45) is 0 Å². The van der Waals surface area contributed by atoms with Crippen molar-refractivity contribution in [2.45, 2.75) is 6.54 Å². The maximum Gasteiger partial charge on any atom is 0.267 e. The van der Waals surface area contributed by atoms with Gasteiger partial charge < -0.3 is 0 Å². The van der Waals surface area contributed by atoms with E-state index in [1.54, 1.807) is 24.4 Å². The zero-order valence-corrected chi connectivity index (χ0v) is 7.24. The third kappa shape index (κ3) is 2.51. The molecule has 0 aliphatic heterocycles. The minimum atomic E-state index is -0.100. The van der Waals surface area contributed by atoms with E-state index in [0.29, 0.717) is 12.4 Å². The van der Waals surface area contributed by atoms with Gasteiger partial charge in [-0.05, 0) is 6.07 Å². The second kappa shape index (κ2) is 4.72. The Balaban J connectivity index is 2.70. The molecule has 0 atom stereocenters. The number of aromatic nitrogens is 2. The van der Waals surface area contributed by atoms with Crippen molar-refractivity contribution in [1.82, 2.24) is 9.78 Å². The summed E-state index contributed by atoms with van der Waals surface area (Å²) in [5.41, 5.74) is -0.100. The third-order valence-corrected chi connectivity index (χ3v) is 1.50. The topological polar surface area (TPSA) is 34.9 Å². The highest BCUT2D eigenvalue weighted by molar-refractivity contribution is 6.18. The van der Waals surface area contributed by atoms with Gasteiger partial charge in [-0.25, -0.2) is 4.68 Å². The van der Waals surface area contributed by atoms with Gasteiger partial charge in [0.2, 0.25) is 0 Å². The Bertz CT molecular complexity index is 319. The standard InChI is InChI=1S/C8H9ClN2O/c9-5-1-2-7-11-8(12)4-3-6-10-11/h1-4,6H,5,7H2/b2-1+. The number of rotatable bonds is 3. The molecular weight excluding hydrogens is 176 g/mol. The van der Waals surface area contributed by atoms with Crippen molar-refractivity contribution in [2.75, 3.05) is 5.88 Å². The fourth-order valence-electron chi connectivity index (χ4n) is 0.762. The van der Waals surface area contributed by atoms with Gasteiger partial charge in [-0.3, -0.25) is 4.79 Å². The van der Waals surface area contributed by atoms with Crippen LogP contribution in [0.25, 0.3) is 0 Å². The summed E-state index contributed by atoms with van der Waals surface area (Å²) in [6, 6.07) is 3.09. The Labute approximate surface area is 75.3 Å². The second-order valence-corrected chi connectivity index (χ2v) is 2.48. The summed E-state index contributed by atoms with van der Waals surface area (Å²) in [6.07, 6.45) is 5.17. The molecule has 0 bridgehead atoms. The van der Waals surface area contributed by atoms with Crippen LogP contribution in [-0.4, -0.2) is 15.7 Å². The highest BCUT2D eigenvalue weighted by Crippen LogP contribution is 1.81. The molecule has 64 valence electrons. The van der Waals surface area contributed by atoms with Crippen LogP contribution in [0.2, 0.25) is 0 Å². The Morgan fingerprint density at radius 1 is 1.58 bits per heavy atom. The van der Waals surface area contributed by atoms with Crippen LogP contribution in [0.15, 0.2) is 35.3 Å². The highest BCUT2D eigenvalue weighted by Gasteiger charge is 1.89. The van der Waals surface area contributed by atoms with E-state index >= 15 is 0 Å². The van der Waals surface area contributed by atoms with Crippen molar-refractivity contribution in [3.05, 3.63) is 40.8 Å². The van der Waals surface area contributed by atoms with Gasteiger partial charge in [-0.2, -0.15) is 5.10 Å². The molecule has 1 rings (SSSR count). The summed E-state index contributed by atoms with van der Waals surface area (Å²) in [6.45, 7) is 0.479. The molecular formula is C8H9ClN2O. The van der Waals surface area contributed by atoms with Crippen molar-refractivity contribution in [3.63, 3.8) is 0 Å². The predicted molar refractivity (Wildman–Crippen MR) is 48.4 cm³/mol. The van der Waals surface area contributed by atoms with Crippen LogP contribution in [0.4, 0.5) is 0 Å². The molecule has 12 heavy (non-hydrogen) atoms. The lowest BCUT2D eigenvalue weighted by atomic mass is 10.5. The number of nitrogens with zero attached hydrogens (tertiary/aromatic N) is 2. The molecule has 0 aliphatic carbocycles. The summed E-state index contributed by atoms with van der Waals surface area (Å²) in [4.78, 5) is 11.0. The largest absolute Gasteiger partial charge is 0.268 e. The first-order chi connectivity index (χ1) is 5.84. The molecule has 0 saturated carbocycles. The molecule has 4 heteroatoms. The van der Waals surface area contributed by atoms with Crippen LogP contribution in [0, 0.1) is 0 Å². The van der Waals surface area contributed by atoms with Crippen molar-refractivity contribution in [3.8, 4) is 0 Å². The molecule has 0 amide bonds. The number of alkyl halides is 1. The SMILES string of the molecule is O=c1cccnn1C/C=C/CCl. The summed E-state index contributed by atoms with van der Waals surface area (Å²) >= 11 is 5.41.